The molecule has 114 valence electrons. The molecule has 1 aliphatic rings. The molecule has 0 radical (unpaired) electrons. The van der Waals surface area contributed by atoms with Crippen LogP contribution in [0.2, 0.25) is 0 Å². The Balaban J connectivity index is 1.81. The number of aromatic nitrogens is 2. The number of hydrogen-bond acceptors (Lipinski definition) is 5. The van der Waals surface area contributed by atoms with Gasteiger partial charge in [0.2, 0.25) is 5.95 Å². The van der Waals surface area contributed by atoms with Gasteiger partial charge in [-0.2, -0.15) is 0 Å². The Morgan fingerprint density at radius 1 is 1.36 bits per heavy atom. The van der Waals surface area contributed by atoms with E-state index in [1.54, 1.807) is 6.07 Å². The van der Waals surface area contributed by atoms with Gasteiger partial charge in [0, 0.05) is 38.3 Å². The summed E-state index contributed by atoms with van der Waals surface area (Å²) >= 11 is 0. The summed E-state index contributed by atoms with van der Waals surface area (Å²) in [6.45, 7) is 4.26. The van der Waals surface area contributed by atoms with Gasteiger partial charge < -0.3 is 9.88 Å². The van der Waals surface area contributed by atoms with Gasteiger partial charge in [-0.25, -0.2) is 4.98 Å². The third-order valence-electron chi connectivity index (χ3n) is 3.87. The van der Waals surface area contributed by atoms with Crippen LogP contribution in [-0.4, -0.2) is 52.5 Å². The number of hydrogen-bond donors (Lipinski definition) is 1. The maximum atomic E-state index is 10.8. The smallest absolute Gasteiger partial charge is 0.271 e. The Labute approximate surface area is 128 Å². The second kappa shape index (κ2) is 6.03. The minimum Gasteiger partial charge on any atom is -0.341 e. The molecule has 7 nitrogen and oxygen atoms in total. The van der Waals surface area contributed by atoms with Crippen molar-refractivity contribution >= 4 is 22.7 Å². The SMILES string of the molecule is C#CCN1CCCN(c2nc3ccc([N+](=O)[O-])cc3[nH]2)CC1. The van der Waals surface area contributed by atoms with Crippen molar-refractivity contribution < 1.29 is 4.92 Å². The van der Waals surface area contributed by atoms with Gasteiger partial charge in [0.25, 0.3) is 5.69 Å². The molecule has 1 aromatic carbocycles. The molecule has 2 heterocycles. The number of rotatable bonds is 3. The van der Waals surface area contributed by atoms with E-state index in [9.17, 15) is 10.1 Å². The largest absolute Gasteiger partial charge is 0.341 e. The Bertz CT molecular complexity index is 733. The molecule has 1 fully saturated rings. The summed E-state index contributed by atoms with van der Waals surface area (Å²) in [6, 6.07) is 4.67. The van der Waals surface area contributed by atoms with Crippen LogP contribution in [0.1, 0.15) is 6.42 Å². The molecular weight excluding hydrogens is 282 g/mol. The number of nitro benzene ring substituents is 1. The molecule has 22 heavy (non-hydrogen) atoms. The third kappa shape index (κ3) is 2.87. The summed E-state index contributed by atoms with van der Waals surface area (Å²) in [4.78, 5) is 22.6. The number of fused-ring (bicyclic) bond motifs is 1. The van der Waals surface area contributed by atoms with Crippen LogP contribution in [-0.2, 0) is 0 Å². The summed E-state index contributed by atoms with van der Waals surface area (Å²) in [7, 11) is 0. The predicted molar refractivity (Wildman–Crippen MR) is 84.9 cm³/mol. The highest BCUT2D eigenvalue weighted by Crippen LogP contribution is 2.22. The Kier molecular flexibility index (Phi) is 3.94. The van der Waals surface area contributed by atoms with Crippen molar-refractivity contribution in [3.05, 3.63) is 28.3 Å². The predicted octanol–water partition coefficient (Wildman–Crippen LogP) is 1.62. The Morgan fingerprint density at radius 3 is 3.00 bits per heavy atom. The first kappa shape index (κ1) is 14.4. The molecule has 0 saturated carbocycles. The first-order valence-electron chi connectivity index (χ1n) is 7.22. The van der Waals surface area contributed by atoms with E-state index in [1.165, 1.54) is 12.1 Å². The molecule has 0 aliphatic carbocycles. The van der Waals surface area contributed by atoms with Gasteiger partial charge in [-0.15, -0.1) is 6.42 Å². The molecule has 3 rings (SSSR count). The topological polar surface area (TPSA) is 78.3 Å². The van der Waals surface area contributed by atoms with Crippen LogP contribution in [0.15, 0.2) is 18.2 Å². The molecular formula is C15H17N5O2. The second-order valence-electron chi connectivity index (χ2n) is 5.34. The molecule has 1 saturated heterocycles. The number of terminal acetylenes is 1. The van der Waals surface area contributed by atoms with Gasteiger partial charge in [-0.1, -0.05) is 5.92 Å². The highest BCUT2D eigenvalue weighted by Gasteiger charge is 2.18. The van der Waals surface area contributed by atoms with E-state index in [-0.39, 0.29) is 5.69 Å². The monoisotopic (exact) mass is 299 g/mol. The molecule has 1 N–H and O–H groups in total. The van der Waals surface area contributed by atoms with Crippen molar-refractivity contribution in [2.75, 3.05) is 37.6 Å². The van der Waals surface area contributed by atoms with E-state index < -0.39 is 4.92 Å². The van der Waals surface area contributed by atoms with Crippen molar-refractivity contribution in [1.29, 1.82) is 0 Å². The Hall–Kier alpha value is -2.59. The number of aromatic amines is 1. The summed E-state index contributed by atoms with van der Waals surface area (Å²) in [6.07, 6.45) is 6.38. The number of imidazole rings is 1. The lowest BCUT2D eigenvalue weighted by atomic mass is 10.3. The van der Waals surface area contributed by atoms with Crippen molar-refractivity contribution in [3.63, 3.8) is 0 Å². The lowest BCUT2D eigenvalue weighted by molar-refractivity contribution is -0.384. The molecule has 0 unspecified atom stereocenters. The fourth-order valence-corrected chi connectivity index (χ4v) is 2.72. The van der Waals surface area contributed by atoms with Crippen molar-refractivity contribution in [2.24, 2.45) is 0 Å². The van der Waals surface area contributed by atoms with E-state index in [2.05, 4.69) is 25.7 Å². The summed E-state index contributed by atoms with van der Waals surface area (Å²) in [5.41, 5.74) is 1.50. The van der Waals surface area contributed by atoms with Crippen LogP contribution in [0.4, 0.5) is 11.6 Å². The lowest BCUT2D eigenvalue weighted by Crippen LogP contribution is -2.31. The molecule has 2 aromatic rings. The molecule has 0 spiro atoms. The zero-order valence-corrected chi connectivity index (χ0v) is 12.2. The average molecular weight is 299 g/mol. The minimum atomic E-state index is -0.399. The number of nitro groups is 1. The van der Waals surface area contributed by atoms with E-state index in [4.69, 9.17) is 6.42 Å². The fourth-order valence-electron chi connectivity index (χ4n) is 2.72. The van der Waals surface area contributed by atoms with Crippen molar-refractivity contribution in [2.45, 2.75) is 6.42 Å². The highest BCUT2D eigenvalue weighted by molar-refractivity contribution is 5.80. The number of benzene rings is 1. The number of non-ortho nitro benzene ring substituents is 1. The Morgan fingerprint density at radius 2 is 2.23 bits per heavy atom. The van der Waals surface area contributed by atoms with Gasteiger partial charge in [0.15, 0.2) is 0 Å². The molecule has 0 atom stereocenters. The molecule has 1 aliphatic heterocycles. The highest BCUT2D eigenvalue weighted by atomic mass is 16.6. The van der Waals surface area contributed by atoms with Gasteiger partial charge in [0.05, 0.1) is 22.5 Å². The van der Waals surface area contributed by atoms with E-state index in [1.807, 2.05) is 0 Å². The van der Waals surface area contributed by atoms with Crippen LogP contribution < -0.4 is 4.90 Å². The standard InChI is InChI=1S/C15H17N5O2/c1-2-6-18-7-3-8-19(10-9-18)15-16-13-5-4-12(20(21)22)11-14(13)17-15/h1,4-5,11H,3,6-10H2,(H,16,17). The maximum absolute atomic E-state index is 10.8. The first-order chi connectivity index (χ1) is 10.7. The van der Waals surface area contributed by atoms with Gasteiger partial charge in [-0.3, -0.25) is 15.0 Å². The van der Waals surface area contributed by atoms with Gasteiger partial charge in [-0.05, 0) is 12.5 Å². The van der Waals surface area contributed by atoms with Gasteiger partial charge in [0.1, 0.15) is 0 Å². The second-order valence-corrected chi connectivity index (χ2v) is 5.34. The van der Waals surface area contributed by atoms with Crippen LogP contribution >= 0.6 is 0 Å². The van der Waals surface area contributed by atoms with E-state index in [0.717, 1.165) is 44.1 Å². The van der Waals surface area contributed by atoms with Crippen LogP contribution in [0, 0.1) is 22.5 Å². The number of anilines is 1. The number of nitrogens with zero attached hydrogens (tertiary/aromatic N) is 4. The zero-order chi connectivity index (χ0) is 15.5. The zero-order valence-electron chi connectivity index (χ0n) is 12.2. The summed E-state index contributed by atoms with van der Waals surface area (Å²) < 4.78 is 0. The summed E-state index contributed by atoms with van der Waals surface area (Å²) in [5, 5.41) is 10.8. The molecule has 7 heteroatoms. The van der Waals surface area contributed by atoms with Gasteiger partial charge >= 0.3 is 0 Å². The number of nitrogens with one attached hydrogen (secondary N) is 1. The van der Waals surface area contributed by atoms with E-state index in [0.29, 0.717) is 12.1 Å². The average Bonchev–Trinajstić information content (AvgIpc) is 2.79. The van der Waals surface area contributed by atoms with Crippen molar-refractivity contribution in [3.8, 4) is 12.3 Å². The van der Waals surface area contributed by atoms with E-state index >= 15 is 0 Å². The summed E-state index contributed by atoms with van der Waals surface area (Å²) in [5.74, 6) is 3.44. The fraction of sp³-hybridized carbons (Fsp3) is 0.400. The minimum absolute atomic E-state index is 0.0683. The normalized spacial score (nSPS) is 16.4. The van der Waals surface area contributed by atoms with Crippen LogP contribution in [0.5, 0.6) is 0 Å². The first-order valence-corrected chi connectivity index (χ1v) is 7.22. The van der Waals surface area contributed by atoms with Crippen LogP contribution in [0.3, 0.4) is 0 Å². The molecule has 0 bridgehead atoms. The molecule has 1 aromatic heterocycles. The van der Waals surface area contributed by atoms with Crippen LogP contribution in [0.25, 0.3) is 11.0 Å². The van der Waals surface area contributed by atoms with Crippen molar-refractivity contribution in [1.82, 2.24) is 14.9 Å². The number of H-pyrrole nitrogens is 1. The lowest BCUT2D eigenvalue weighted by Gasteiger charge is -2.19. The third-order valence-corrected chi connectivity index (χ3v) is 3.87. The molecule has 0 amide bonds. The quantitative estimate of drug-likeness (QED) is 0.529. The maximum Gasteiger partial charge on any atom is 0.271 e.